The predicted octanol–water partition coefficient (Wildman–Crippen LogP) is 2.64. The molecular weight excluding hydrogens is 289 g/mol. The van der Waals surface area contributed by atoms with E-state index in [0.717, 1.165) is 6.07 Å². The fraction of sp³-hybridized carbons (Fsp3) is 0.429. The van der Waals surface area contributed by atoms with Crippen molar-refractivity contribution >= 4 is 0 Å². The first kappa shape index (κ1) is 16.0. The van der Waals surface area contributed by atoms with E-state index in [1.54, 1.807) is 0 Å². The van der Waals surface area contributed by atoms with Crippen LogP contribution >= 0.6 is 0 Å². The van der Waals surface area contributed by atoms with Crippen molar-refractivity contribution in [1.29, 1.82) is 0 Å². The molecule has 0 saturated carbocycles. The number of hydrogen-bond donors (Lipinski definition) is 1. The van der Waals surface area contributed by atoms with E-state index in [1.165, 1.54) is 44.6 Å². The van der Waals surface area contributed by atoms with Gasteiger partial charge < -0.3 is 19.3 Å². The van der Waals surface area contributed by atoms with Crippen molar-refractivity contribution in [2.75, 3.05) is 14.2 Å². The van der Waals surface area contributed by atoms with Gasteiger partial charge in [-0.05, 0) is 23.8 Å². The highest BCUT2D eigenvalue weighted by Crippen LogP contribution is 2.42. The fourth-order valence-electron chi connectivity index (χ4n) is 2.19. The molecule has 0 fully saturated rings. The molecule has 1 N–H and O–H groups in total. The molecule has 3 unspecified atom stereocenters. The van der Waals surface area contributed by atoms with E-state index < -0.39 is 29.9 Å². The Balaban J connectivity index is 2.41. The van der Waals surface area contributed by atoms with E-state index in [0.29, 0.717) is 0 Å². The van der Waals surface area contributed by atoms with Crippen molar-refractivity contribution in [3.05, 3.63) is 47.5 Å². The molecule has 0 bridgehead atoms. The lowest BCUT2D eigenvalue weighted by Gasteiger charge is -2.33. The third-order valence-electron chi connectivity index (χ3n) is 3.28. The number of methoxy groups -OCH3 is 2. The van der Waals surface area contributed by atoms with Crippen LogP contribution in [0.5, 0.6) is 0 Å². The van der Waals surface area contributed by atoms with Crippen LogP contribution in [0.4, 0.5) is 13.2 Å². The lowest BCUT2D eigenvalue weighted by molar-refractivity contribution is -0.281. The van der Waals surface area contributed by atoms with Crippen molar-refractivity contribution in [3.8, 4) is 0 Å². The van der Waals surface area contributed by atoms with Crippen molar-refractivity contribution in [1.82, 2.24) is 0 Å². The average molecular weight is 304 g/mol. The minimum atomic E-state index is -4.59. The molecule has 1 aromatic carbocycles. The highest BCUT2D eigenvalue weighted by molar-refractivity contribution is 5.34. The van der Waals surface area contributed by atoms with E-state index in [9.17, 15) is 18.3 Å². The molecule has 0 saturated heterocycles. The highest BCUT2D eigenvalue weighted by atomic mass is 19.4. The molecule has 1 aliphatic rings. The van der Waals surface area contributed by atoms with Crippen LogP contribution < -0.4 is 0 Å². The summed E-state index contributed by atoms with van der Waals surface area (Å²) >= 11 is 0. The third-order valence-corrected chi connectivity index (χ3v) is 3.28. The maximum Gasteiger partial charge on any atom is 0.416 e. The van der Waals surface area contributed by atoms with E-state index >= 15 is 0 Å². The van der Waals surface area contributed by atoms with Gasteiger partial charge in [0.15, 0.2) is 6.29 Å². The van der Waals surface area contributed by atoms with Crippen molar-refractivity contribution < 1.29 is 32.5 Å². The minimum Gasteiger partial charge on any atom is -0.382 e. The molecule has 2 rings (SSSR count). The van der Waals surface area contributed by atoms with Gasteiger partial charge in [-0.3, -0.25) is 0 Å². The number of benzene rings is 1. The molecule has 4 nitrogen and oxygen atoms in total. The number of halogens is 3. The van der Waals surface area contributed by atoms with Gasteiger partial charge in [0.1, 0.15) is 6.10 Å². The molecule has 0 radical (unpaired) electrons. The monoisotopic (exact) mass is 304 g/mol. The molecule has 0 aliphatic carbocycles. The summed E-state index contributed by atoms with van der Waals surface area (Å²) in [6.45, 7) is 0. The quantitative estimate of drug-likeness (QED) is 0.869. The second-order valence-corrected chi connectivity index (χ2v) is 4.49. The summed E-state index contributed by atoms with van der Waals surface area (Å²) in [5, 5.41) is 10.4. The Hall–Kier alpha value is -1.41. The first-order valence-corrected chi connectivity index (χ1v) is 6.13. The predicted molar refractivity (Wildman–Crippen MR) is 67.2 cm³/mol. The summed E-state index contributed by atoms with van der Waals surface area (Å²) in [7, 11) is 2.61. The molecule has 3 atom stereocenters. The maximum atomic E-state index is 13.0. The summed E-state index contributed by atoms with van der Waals surface area (Å²) < 4.78 is 54.5. The Morgan fingerprint density at radius 3 is 2.48 bits per heavy atom. The second-order valence-electron chi connectivity index (χ2n) is 4.49. The van der Waals surface area contributed by atoms with Gasteiger partial charge >= 0.3 is 6.18 Å². The zero-order chi connectivity index (χ0) is 15.7. The molecule has 0 aromatic heterocycles. The van der Waals surface area contributed by atoms with Gasteiger partial charge in [-0.1, -0.05) is 18.2 Å². The zero-order valence-electron chi connectivity index (χ0n) is 11.4. The molecule has 7 heteroatoms. The van der Waals surface area contributed by atoms with Gasteiger partial charge in [0.25, 0.3) is 0 Å². The lowest BCUT2D eigenvalue weighted by Crippen LogP contribution is -2.39. The topological polar surface area (TPSA) is 47.9 Å². The van der Waals surface area contributed by atoms with Gasteiger partial charge in [0.2, 0.25) is 5.79 Å². The van der Waals surface area contributed by atoms with Gasteiger partial charge in [-0.2, -0.15) is 13.2 Å². The van der Waals surface area contributed by atoms with Gasteiger partial charge in [0, 0.05) is 14.2 Å². The normalized spacial score (nSPS) is 27.0. The minimum absolute atomic E-state index is 0.326. The Bertz CT molecular complexity index is 529. The first-order chi connectivity index (χ1) is 9.84. The van der Waals surface area contributed by atoms with Crippen LogP contribution in [0.3, 0.4) is 0 Å². The number of ether oxygens (including phenoxy) is 3. The van der Waals surface area contributed by atoms with Gasteiger partial charge in [-0.15, -0.1) is 0 Å². The number of aliphatic hydroxyl groups is 1. The number of hydrogen-bond acceptors (Lipinski definition) is 4. The first-order valence-electron chi connectivity index (χ1n) is 6.13. The third kappa shape index (κ3) is 2.96. The Labute approximate surface area is 119 Å². The van der Waals surface area contributed by atoms with Crippen molar-refractivity contribution in [2.45, 2.75) is 24.4 Å². The molecular formula is C14H15F3O4. The summed E-state index contributed by atoms with van der Waals surface area (Å²) in [4.78, 5) is 0. The molecule has 0 amide bonds. The summed E-state index contributed by atoms with van der Waals surface area (Å²) in [5.74, 6) is -1.72. The van der Waals surface area contributed by atoms with Crippen LogP contribution in [0.25, 0.3) is 0 Å². The molecule has 1 heterocycles. The Morgan fingerprint density at radius 2 is 1.95 bits per heavy atom. The second kappa shape index (κ2) is 5.76. The Kier molecular flexibility index (Phi) is 4.38. The van der Waals surface area contributed by atoms with Crippen molar-refractivity contribution in [3.63, 3.8) is 0 Å². The van der Waals surface area contributed by atoms with Crippen LogP contribution in [-0.2, 0) is 20.4 Å². The summed E-state index contributed by atoms with van der Waals surface area (Å²) in [6.07, 6.45) is -4.23. The molecule has 116 valence electrons. The molecule has 21 heavy (non-hydrogen) atoms. The van der Waals surface area contributed by atoms with Gasteiger partial charge in [0.05, 0.1) is 5.56 Å². The smallest absolute Gasteiger partial charge is 0.382 e. The number of alkyl halides is 3. The van der Waals surface area contributed by atoms with E-state index in [2.05, 4.69) is 0 Å². The molecule has 1 aliphatic heterocycles. The highest BCUT2D eigenvalue weighted by Gasteiger charge is 2.46. The maximum absolute atomic E-state index is 13.0. The van der Waals surface area contributed by atoms with Crippen LogP contribution in [0.1, 0.15) is 17.2 Å². The number of aliphatic hydroxyl groups excluding tert-OH is 1. The van der Waals surface area contributed by atoms with E-state index in [1.807, 2.05) is 0 Å². The van der Waals surface area contributed by atoms with Crippen LogP contribution in [-0.4, -0.2) is 31.4 Å². The largest absolute Gasteiger partial charge is 0.416 e. The van der Waals surface area contributed by atoms with Crippen molar-refractivity contribution in [2.24, 2.45) is 0 Å². The summed E-state index contributed by atoms with van der Waals surface area (Å²) in [6, 6.07) is 4.74. The molecule has 0 spiro atoms. The average Bonchev–Trinajstić information content (AvgIpc) is 2.90. The molecule has 1 aromatic rings. The SMILES string of the molecule is COC1C=CC(OC)(C(O)c2ccccc2C(F)(F)F)O1. The standard InChI is InChI=1S/C14H15F3O4/c1-19-11-7-8-13(20-2,21-11)12(18)9-5-3-4-6-10(9)14(15,16)17/h3-8,11-12,18H,1-2H3. The van der Waals surface area contributed by atoms with Crippen LogP contribution in [0.15, 0.2) is 36.4 Å². The Morgan fingerprint density at radius 1 is 1.29 bits per heavy atom. The lowest BCUT2D eigenvalue weighted by atomic mass is 9.96. The zero-order valence-corrected chi connectivity index (χ0v) is 11.4. The van der Waals surface area contributed by atoms with E-state index in [-0.39, 0.29) is 5.56 Å². The van der Waals surface area contributed by atoms with Gasteiger partial charge in [-0.25, -0.2) is 0 Å². The van der Waals surface area contributed by atoms with E-state index in [4.69, 9.17) is 14.2 Å². The summed E-state index contributed by atoms with van der Waals surface area (Å²) in [5.41, 5.74) is -1.26. The van der Waals surface area contributed by atoms with Crippen LogP contribution in [0.2, 0.25) is 0 Å². The fourth-order valence-corrected chi connectivity index (χ4v) is 2.19. The number of rotatable bonds is 4. The van der Waals surface area contributed by atoms with Crippen LogP contribution in [0, 0.1) is 0 Å².